The molecule has 8 heteroatoms. The molecule has 0 aromatic heterocycles. The van der Waals surface area contributed by atoms with E-state index in [0.717, 1.165) is 0 Å². The van der Waals surface area contributed by atoms with Gasteiger partial charge in [-0.2, -0.15) is 0 Å². The smallest absolute Gasteiger partial charge is 0.292 e. The molecule has 1 aliphatic rings. The zero-order valence-corrected chi connectivity index (χ0v) is 11.6. The van der Waals surface area contributed by atoms with E-state index in [1.165, 1.54) is 21.9 Å². The Hall–Kier alpha value is -2.64. The van der Waals surface area contributed by atoms with Crippen LogP contribution in [0.15, 0.2) is 18.2 Å². The van der Waals surface area contributed by atoms with Crippen LogP contribution < -0.4 is 5.73 Å². The first-order valence-electron chi connectivity index (χ1n) is 6.50. The number of nitro groups is 1. The number of likely N-dealkylation sites (N-methyl/N-ethyl adjacent to an activating group) is 1. The molecular formula is C13H16N4O4. The van der Waals surface area contributed by atoms with Crippen molar-refractivity contribution in [2.75, 3.05) is 25.4 Å². The van der Waals surface area contributed by atoms with Crippen molar-refractivity contribution in [2.45, 2.75) is 13.5 Å². The van der Waals surface area contributed by atoms with E-state index >= 15 is 0 Å². The molecule has 2 N–H and O–H groups in total. The Balaban J connectivity index is 2.15. The SMILES string of the molecule is CCN1CC(=O)N(Cc2ccc(N)c([N+](=O)[O-])c2)CC1=O. The van der Waals surface area contributed by atoms with Crippen LogP contribution in [0.25, 0.3) is 0 Å². The van der Waals surface area contributed by atoms with Gasteiger partial charge in [0.25, 0.3) is 5.69 Å². The van der Waals surface area contributed by atoms with Crippen LogP contribution in [0.2, 0.25) is 0 Å². The van der Waals surface area contributed by atoms with Crippen LogP contribution in [-0.4, -0.2) is 46.2 Å². The lowest BCUT2D eigenvalue weighted by Crippen LogP contribution is -2.53. The second-order valence-electron chi connectivity index (χ2n) is 4.81. The fraction of sp³-hybridized carbons (Fsp3) is 0.385. The number of benzene rings is 1. The number of anilines is 1. The number of nitrogen functional groups attached to an aromatic ring is 1. The van der Waals surface area contributed by atoms with E-state index in [4.69, 9.17) is 5.73 Å². The number of nitro benzene ring substituents is 1. The maximum Gasteiger partial charge on any atom is 0.292 e. The maximum atomic E-state index is 12.0. The lowest BCUT2D eigenvalue weighted by Gasteiger charge is -2.33. The van der Waals surface area contributed by atoms with Crippen LogP contribution in [-0.2, 0) is 16.1 Å². The second kappa shape index (κ2) is 5.78. The van der Waals surface area contributed by atoms with E-state index < -0.39 is 4.92 Å². The quantitative estimate of drug-likeness (QED) is 0.489. The molecule has 112 valence electrons. The molecule has 0 radical (unpaired) electrons. The number of carbonyl (C=O) groups is 2. The molecule has 1 aromatic rings. The third kappa shape index (κ3) is 3.10. The Bertz CT molecular complexity index is 602. The van der Waals surface area contributed by atoms with Crippen LogP contribution in [0.4, 0.5) is 11.4 Å². The summed E-state index contributed by atoms with van der Waals surface area (Å²) in [6.07, 6.45) is 0. The lowest BCUT2D eigenvalue weighted by atomic mass is 10.1. The summed E-state index contributed by atoms with van der Waals surface area (Å²) >= 11 is 0. The van der Waals surface area contributed by atoms with Crippen molar-refractivity contribution < 1.29 is 14.5 Å². The van der Waals surface area contributed by atoms with Gasteiger partial charge in [0.15, 0.2) is 0 Å². The highest BCUT2D eigenvalue weighted by Gasteiger charge is 2.29. The molecule has 1 heterocycles. The summed E-state index contributed by atoms with van der Waals surface area (Å²) in [6, 6.07) is 4.38. The summed E-state index contributed by atoms with van der Waals surface area (Å²) in [5, 5.41) is 10.8. The van der Waals surface area contributed by atoms with E-state index in [1.54, 1.807) is 6.07 Å². The fourth-order valence-electron chi connectivity index (χ4n) is 2.20. The highest BCUT2D eigenvalue weighted by atomic mass is 16.6. The minimum atomic E-state index is -0.569. The molecule has 0 aliphatic carbocycles. The molecule has 1 saturated heterocycles. The number of nitrogens with two attached hydrogens (primary N) is 1. The number of amides is 2. The van der Waals surface area contributed by atoms with Gasteiger partial charge in [-0.25, -0.2) is 0 Å². The van der Waals surface area contributed by atoms with Crippen LogP contribution >= 0.6 is 0 Å². The third-order valence-electron chi connectivity index (χ3n) is 3.40. The summed E-state index contributed by atoms with van der Waals surface area (Å²) in [6.45, 7) is 2.50. The van der Waals surface area contributed by atoms with Crippen LogP contribution in [0.3, 0.4) is 0 Å². The van der Waals surface area contributed by atoms with Crippen molar-refractivity contribution in [1.29, 1.82) is 0 Å². The summed E-state index contributed by atoms with van der Waals surface area (Å²) in [5.41, 5.74) is 5.97. The number of piperazine rings is 1. The van der Waals surface area contributed by atoms with Crippen molar-refractivity contribution in [1.82, 2.24) is 9.80 Å². The van der Waals surface area contributed by atoms with Crippen LogP contribution in [0.1, 0.15) is 12.5 Å². The normalized spacial score (nSPS) is 15.5. The molecule has 2 rings (SSSR count). The third-order valence-corrected chi connectivity index (χ3v) is 3.40. The Morgan fingerprint density at radius 1 is 1.24 bits per heavy atom. The first-order chi connectivity index (χ1) is 9.92. The Morgan fingerprint density at radius 3 is 2.48 bits per heavy atom. The molecule has 1 fully saturated rings. The average Bonchev–Trinajstić information content (AvgIpc) is 2.44. The van der Waals surface area contributed by atoms with E-state index in [0.29, 0.717) is 12.1 Å². The van der Waals surface area contributed by atoms with E-state index in [9.17, 15) is 19.7 Å². The monoisotopic (exact) mass is 292 g/mol. The number of hydrogen-bond donors (Lipinski definition) is 1. The molecular weight excluding hydrogens is 276 g/mol. The Labute approximate surface area is 121 Å². The van der Waals surface area contributed by atoms with Crippen molar-refractivity contribution in [3.8, 4) is 0 Å². The highest BCUT2D eigenvalue weighted by Crippen LogP contribution is 2.23. The van der Waals surface area contributed by atoms with Crippen molar-refractivity contribution in [2.24, 2.45) is 0 Å². The van der Waals surface area contributed by atoms with Gasteiger partial charge in [-0.05, 0) is 18.6 Å². The van der Waals surface area contributed by atoms with Gasteiger partial charge in [0.2, 0.25) is 11.8 Å². The molecule has 0 unspecified atom stereocenters. The van der Waals surface area contributed by atoms with Crippen molar-refractivity contribution >= 4 is 23.2 Å². The standard InChI is InChI=1S/C13H16N4O4/c1-2-15-7-13(19)16(8-12(15)18)6-9-3-4-10(14)11(5-9)17(20)21/h3-5H,2,6-8,14H2,1H3. The topological polar surface area (TPSA) is 110 Å². The van der Waals surface area contributed by atoms with Gasteiger partial charge < -0.3 is 15.5 Å². The average molecular weight is 292 g/mol. The predicted molar refractivity (Wildman–Crippen MR) is 75.2 cm³/mol. The van der Waals surface area contributed by atoms with E-state index in [-0.39, 0.29) is 42.8 Å². The Morgan fingerprint density at radius 2 is 1.86 bits per heavy atom. The first kappa shape index (κ1) is 14.8. The lowest BCUT2D eigenvalue weighted by molar-refractivity contribution is -0.384. The zero-order chi connectivity index (χ0) is 15.6. The molecule has 0 saturated carbocycles. The van der Waals surface area contributed by atoms with Gasteiger partial charge in [-0.1, -0.05) is 6.07 Å². The first-order valence-corrected chi connectivity index (χ1v) is 6.50. The molecule has 0 atom stereocenters. The van der Waals surface area contributed by atoms with Gasteiger partial charge in [0.1, 0.15) is 12.2 Å². The van der Waals surface area contributed by atoms with E-state index in [2.05, 4.69) is 0 Å². The molecule has 2 amide bonds. The zero-order valence-electron chi connectivity index (χ0n) is 11.6. The van der Waals surface area contributed by atoms with Crippen molar-refractivity contribution in [3.05, 3.63) is 33.9 Å². The second-order valence-corrected chi connectivity index (χ2v) is 4.81. The minimum Gasteiger partial charge on any atom is -0.393 e. The number of carbonyl (C=O) groups excluding carboxylic acids is 2. The molecule has 1 aromatic carbocycles. The number of rotatable bonds is 4. The molecule has 8 nitrogen and oxygen atoms in total. The van der Waals surface area contributed by atoms with Crippen molar-refractivity contribution in [3.63, 3.8) is 0 Å². The molecule has 0 bridgehead atoms. The van der Waals surface area contributed by atoms with Gasteiger partial charge in [0.05, 0.1) is 11.5 Å². The van der Waals surface area contributed by atoms with Gasteiger partial charge >= 0.3 is 0 Å². The largest absolute Gasteiger partial charge is 0.393 e. The van der Waals surface area contributed by atoms with Crippen LogP contribution in [0, 0.1) is 10.1 Å². The molecule has 1 aliphatic heterocycles. The Kier molecular flexibility index (Phi) is 4.06. The van der Waals surface area contributed by atoms with Crippen LogP contribution in [0.5, 0.6) is 0 Å². The van der Waals surface area contributed by atoms with E-state index in [1.807, 2.05) is 6.92 Å². The highest BCUT2D eigenvalue weighted by molar-refractivity contribution is 5.92. The summed E-state index contributed by atoms with van der Waals surface area (Å²) in [7, 11) is 0. The summed E-state index contributed by atoms with van der Waals surface area (Å²) in [4.78, 5) is 36.9. The minimum absolute atomic E-state index is 0.00908. The van der Waals surface area contributed by atoms with Gasteiger partial charge in [-0.15, -0.1) is 0 Å². The van der Waals surface area contributed by atoms with Gasteiger partial charge in [0, 0.05) is 19.2 Å². The molecule has 0 spiro atoms. The number of nitrogens with zero attached hydrogens (tertiary/aromatic N) is 3. The number of hydrogen-bond acceptors (Lipinski definition) is 5. The van der Waals surface area contributed by atoms with Gasteiger partial charge in [-0.3, -0.25) is 19.7 Å². The summed E-state index contributed by atoms with van der Waals surface area (Å²) < 4.78 is 0. The summed E-state index contributed by atoms with van der Waals surface area (Å²) in [5.74, 6) is -0.294. The molecule has 21 heavy (non-hydrogen) atoms. The maximum absolute atomic E-state index is 12.0. The fourth-order valence-corrected chi connectivity index (χ4v) is 2.20. The predicted octanol–water partition coefficient (Wildman–Crippen LogP) is 0.368.